The largest absolute Gasteiger partial charge is 0.494 e. The van der Waals surface area contributed by atoms with E-state index in [0.717, 1.165) is 24.6 Å². The Bertz CT molecular complexity index is 1530. The number of hydrogen-bond donors (Lipinski definition) is 0. The average molecular weight is 548 g/mol. The number of thioether (sulfide) groups is 1. The molecule has 0 atom stereocenters. The van der Waals surface area contributed by atoms with E-state index in [4.69, 9.17) is 4.74 Å². The lowest BCUT2D eigenvalue weighted by molar-refractivity contribution is -0.117. The van der Waals surface area contributed by atoms with E-state index >= 15 is 0 Å². The van der Waals surface area contributed by atoms with Crippen molar-refractivity contribution in [3.8, 4) is 28.7 Å². The number of anilines is 1. The zero-order valence-corrected chi connectivity index (χ0v) is 21.8. The number of aliphatic imine (C=N–C) groups is 1. The fraction of sp³-hybridized carbons (Fsp3) is 0.286. The number of benzene rings is 1. The molecular weight excluding hydrogens is 524 g/mol. The SMILES string of the molecule is C=Nc1ncc(C#CC2CC2)nc1SC(=O)c1ccc(N2CCCC2=O)cc1-c1cc(C(F)F)ncc1OC. The monoisotopic (exact) mass is 547 g/mol. The zero-order valence-electron chi connectivity index (χ0n) is 21.0. The number of aromatic nitrogens is 3. The van der Waals surface area contributed by atoms with Crippen LogP contribution in [0.5, 0.6) is 5.75 Å². The molecule has 1 aliphatic carbocycles. The van der Waals surface area contributed by atoms with Gasteiger partial charge in [0.1, 0.15) is 17.1 Å². The number of pyridine rings is 1. The Kier molecular flexibility index (Phi) is 7.65. The highest BCUT2D eigenvalue weighted by Gasteiger charge is 2.26. The minimum absolute atomic E-state index is 0.0505. The van der Waals surface area contributed by atoms with Crippen LogP contribution in [0.4, 0.5) is 20.3 Å². The van der Waals surface area contributed by atoms with Crippen LogP contribution in [0, 0.1) is 17.8 Å². The summed E-state index contributed by atoms with van der Waals surface area (Å²) in [7, 11) is 1.39. The molecule has 5 rings (SSSR count). The first-order valence-corrected chi connectivity index (χ1v) is 13.0. The van der Waals surface area contributed by atoms with Gasteiger partial charge in [-0.05, 0) is 73.5 Å². The predicted molar refractivity (Wildman–Crippen MR) is 144 cm³/mol. The fourth-order valence-electron chi connectivity index (χ4n) is 4.12. The lowest BCUT2D eigenvalue weighted by atomic mass is 9.98. The summed E-state index contributed by atoms with van der Waals surface area (Å²) in [5.74, 6) is 6.78. The molecule has 0 unspecified atom stereocenters. The Morgan fingerprint density at radius 3 is 2.72 bits per heavy atom. The first-order valence-electron chi connectivity index (χ1n) is 12.2. The number of methoxy groups -OCH3 is 1. The highest BCUT2D eigenvalue weighted by molar-refractivity contribution is 8.14. The summed E-state index contributed by atoms with van der Waals surface area (Å²) in [6.07, 6.45) is 3.07. The molecule has 1 aliphatic heterocycles. The van der Waals surface area contributed by atoms with Gasteiger partial charge in [0.2, 0.25) is 11.0 Å². The second kappa shape index (κ2) is 11.3. The van der Waals surface area contributed by atoms with E-state index in [2.05, 4.69) is 38.5 Å². The molecule has 2 fully saturated rings. The van der Waals surface area contributed by atoms with Gasteiger partial charge in [0.15, 0.2) is 10.8 Å². The van der Waals surface area contributed by atoms with Crippen LogP contribution in [-0.2, 0) is 4.79 Å². The molecule has 1 saturated carbocycles. The Hall–Kier alpha value is -4.17. The zero-order chi connectivity index (χ0) is 27.5. The van der Waals surface area contributed by atoms with E-state index in [0.29, 0.717) is 42.2 Å². The van der Waals surface area contributed by atoms with Crippen LogP contribution >= 0.6 is 11.8 Å². The second-order valence-corrected chi connectivity index (χ2v) is 9.93. The molecule has 39 heavy (non-hydrogen) atoms. The van der Waals surface area contributed by atoms with E-state index in [1.54, 1.807) is 23.1 Å². The maximum absolute atomic E-state index is 13.7. The van der Waals surface area contributed by atoms with Crippen LogP contribution in [0.15, 0.2) is 46.7 Å². The summed E-state index contributed by atoms with van der Waals surface area (Å²) in [6.45, 7) is 4.04. The van der Waals surface area contributed by atoms with Gasteiger partial charge in [-0.2, -0.15) is 0 Å². The quantitative estimate of drug-likeness (QED) is 0.215. The topological polar surface area (TPSA) is 97.6 Å². The standard InChI is InChI=1S/C28H23F2N5O3S/c1-31-26-27(34-17(14-33-26)8-7-16-5-6-16)39-28(37)19-10-9-18(35-11-3-4-24(35)36)12-20(19)21-13-22(25(29)30)32-15-23(21)38-2/h9-10,12-16,25H,1,3-6,11H2,2H3. The Morgan fingerprint density at radius 2 is 2.05 bits per heavy atom. The molecule has 3 aromatic rings. The number of rotatable bonds is 7. The first kappa shape index (κ1) is 26.4. The molecule has 1 aromatic carbocycles. The predicted octanol–water partition coefficient (Wildman–Crippen LogP) is 5.64. The van der Waals surface area contributed by atoms with E-state index in [1.165, 1.54) is 25.6 Å². The van der Waals surface area contributed by atoms with Crippen LogP contribution in [-0.4, -0.2) is 46.3 Å². The molecule has 3 heterocycles. The minimum atomic E-state index is -2.83. The second-order valence-electron chi connectivity index (χ2n) is 8.96. The van der Waals surface area contributed by atoms with Gasteiger partial charge >= 0.3 is 0 Å². The Labute approximate surface area is 227 Å². The summed E-state index contributed by atoms with van der Waals surface area (Å²) in [4.78, 5) is 44.1. The summed E-state index contributed by atoms with van der Waals surface area (Å²) >= 11 is 0.784. The third-order valence-corrected chi connectivity index (χ3v) is 7.15. The molecule has 1 saturated heterocycles. The number of carbonyl (C=O) groups is 2. The lowest BCUT2D eigenvalue weighted by Crippen LogP contribution is -2.23. The number of ether oxygens (including phenoxy) is 1. The molecule has 0 spiro atoms. The van der Waals surface area contributed by atoms with Crippen LogP contribution < -0.4 is 9.64 Å². The molecule has 1 amide bonds. The van der Waals surface area contributed by atoms with Gasteiger partial charge in [-0.3, -0.25) is 14.6 Å². The first-order chi connectivity index (χ1) is 18.9. The van der Waals surface area contributed by atoms with Gasteiger partial charge in [0.25, 0.3) is 6.43 Å². The number of nitrogens with zero attached hydrogens (tertiary/aromatic N) is 5. The van der Waals surface area contributed by atoms with E-state index in [9.17, 15) is 18.4 Å². The third kappa shape index (κ3) is 5.81. The van der Waals surface area contributed by atoms with Gasteiger partial charge in [0.05, 0.1) is 19.5 Å². The maximum atomic E-state index is 13.7. The average Bonchev–Trinajstić information content (AvgIpc) is 3.69. The molecule has 8 nitrogen and oxygen atoms in total. The van der Waals surface area contributed by atoms with Crippen LogP contribution in [0.2, 0.25) is 0 Å². The van der Waals surface area contributed by atoms with Crippen LogP contribution in [0.3, 0.4) is 0 Å². The van der Waals surface area contributed by atoms with Crippen molar-refractivity contribution in [2.24, 2.45) is 10.9 Å². The number of hydrogen-bond acceptors (Lipinski definition) is 8. The molecule has 2 aliphatic rings. The number of carbonyl (C=O) groups excluding carboxylic acids is 2. The summed E-state index contributed by atoms with van der Waals surface area (Å²) < 4.78 is 32.6. The van der Waals surface area contributed by atoms with E-state index < -0.39 is 17.2 Å². The van der Waals surface area contributed by atoms with E-state index in [-0.39, 0.29) is 33.6 Å². The number of alkyl halides is 2. The Morgan fingerprint density at radius 1 is 1.23 bits per heavy atom. The summed E-state index contributed by atoms with van der Waals surface area (Å²) in [5.41, 5.74) is 1.26. The molecule has 198 valence electrons. The van der Waals surface area contributed by atoms with Crippen molar-refractivity contribution >= 4 is 41.0 Å². The Balaban J connectivity index is 1.58. The lowest BCUT2D eigenvalue weighted by Gasteiger charge is -2.19. The molecule has 2 aromatic heterocycles. The smallest absolute Gasteiger partial charge is 0.280 e. The third-order valence-electron chi connectivity index (χ3n) is 6.27. The van der Waals surface area contributed by atoms with E-state index in [1.807, 2.05) is 0 Å². The summed E-state index contributed by atoms with van der Waals surface area (Å²) in [6, 6.07) is 6.07. The molecular formula is C28H23F2N5O3S. The van der Waals surface area contributed by atoms with Crippen molar-refractivity contribution in [2.75, 3.05) is 18.6 Å². The highest BCUT2D eigenvalue weighted by atomic mass is 32.2. The molecule has 0 bridgehead atoms. The minimum Gasteiger partial charge on any atom is -0.494 e. The molecule has 0 radical (unpaired) electrons. The van der Waals surface area contributed by atoms with Crippen molar-refractivity contribution in [1.82, 2.24) is 15.0 Å². The van der Waals surface area contributed by atoms with Crippen molar-refractivity contribution in [2.45, 2.75) is 37.1 Å². The number of halogens is 2. The molecule has 0 N–H and O–H groups in total. The van der Waals surface area contributed by atoms with Gasteiger partial charge in [-0.1, -0.05) is 5.92 Å². The van der Waals surface area contributed by atoms with Gasteiger partial charge in [-0.25, -0.2) is 23.7 Å². The van der Waals surface area contributed by atoms with Gasteiger partial charge < -0.3 is 9.64 Å². The number of amides is 1. The van der Waals surface area contributed by atoms with Crippen LogP contribution in [0.1, 0.15) is 53.9 Å². The highest BCUT2D eigenvalue weighted by Crippen LogP contribution is 2.40. The van der Waals surface area contributed by atoms with Crippen LogP contribution in [0.25, 0.3) is 11.1 Å². The van der Waals surface area contributed by atoms with Crippen molar-refractivity contribution in [3.05, 3.63) is 53.6 Å². The fourth-order valence-corrected chi connectivity index (χ4v) is 4.94. The van der Waals surface area contributed by atoms with Crippen molar-refractivity contribution in [3.63, 3.8) is 0 Å². The van der Waals surface area contributed by atoms with Crippen molar-refractivity contribution < 1.29 is 23.1 Å². The normalized spacial score (nSPS) is 14.8. The van der Waals surface area contributed by atoms with Gasteiger partial charge in [-0.15, -0.1) is 0 Å². The molecule has 11 heteroatoms. The summed E-state index contributed by atoms with van der Waals surface area (Å²) in [5, 5.41) is -0.217. The van der Waals surface area contributed by atoms with Gasteiger partial charge in [0, 0.05) is 35.7 Å². The van der Waals surface area contributed by atoms with Crippen molar-refractivity contribution in [1.29, 1.82) is 0 Å². The maximum Gasteiger partial charge on any atom is 0.280 e.